The van der Waals surface area contributed by atoms with E-state index in [1.165, 1.54) is 10.4 Å². The van der Waals surface area contributed by atoms with Crippen molar-refractivity contribution in [3.05, 3.63) is 112 Å². The van der Waals surface area contributed by atoms with Crippen LogP contribution in [0.5, 0.6) is 5.75 Å². The second-order valence-corrected chi connectivity index (χ2v) is 10.5. The molecule has 0 unspecified atom stereocenters. The quantitative estimate of drug-likeness (QED) is 0.267. The van der Waals surface area contributed by atoms with Crippen molar-refractivity contribution in [3.8, 4) is 5.75 Å². The van der Waals surface area contributed by atoms with E-state index in [0.717, 1.165) is 58.0 Å². The topological polar surface area (TPSA) is 50.7 Å². The van der Waals surface area contributed by atoms with Crippen LogP contribution in [-0.4, -0.2) is 12.1 Å². The number of hydrogen-bond donors (Lipinski definition) is 1. The molecule has 1 aliphatic carbocycles. The molecule has 0 radical (unpaired) electrons. The minimum atomic E-state index is -0.0758. The smallest absolute Gasteiger partial charge is 0.259 e. The molecular weight excluding hydrogens is 464 g/mol. The number of nitrogens with zero attached hydrogens (tertiary/aromatic N) is 1. The van der Waals surface area contributed by atoms with Crippen LogP contribution in [0.15, 0.2) is 83.9 Å². The zero-order chi connectivity index (χ0) is 24.9. The molecule has 1 amide bonds. The Balaban J connectivity index is 1.35. The maximum atomic E-state index is 13.5. The van der Waals surface area contributed by atoms with Gasteiger partial charge in [0.15, 0.2) is 0 Å². The fourth-order valence-corrected chi connectivity index (χ4v) is 5.84. The average molecular weight is 495 g/mol. The van der Waals surface area contributed by atoms with E-state index in [2.05, 4.69) is 24.4 Å². The summed E-state index contributed by atoms with van der Waals surface area (Å²) in [5.74, 6) is 1.37. The van der Waals surface area contributed by atoms with Crippen LogP contribution < -0.4 is 10.1 Å². The highest BCUT2D eigenvalue weighted by molar-refractivity contribution is 7.16. The fourth-order valence-electron chi connectivity index (χ4n) is 4.48. The van der Waals surface area contributed by atoms with Crippen molar-refractivity contribution >= 4 is 34.1 Å². The molecule has 182 valence electrons. The Bertz CT molecular complexity index is 1370. The van der Waals surface area contributed by atoms with Crippen LogP contribution in [0.2, 0.25) is 0 Å². The van der Waals surface area contributed by atoms with Crippen LogP contribution in [0, 0.1) is 12.8 Å². The van der Waals surface area contributed by atoms with Crippen LogP contribution in [0.3, 0.4) is 0 Å². The molecule has 3 aromatic carbocycles. The Kier molecular flexibility index (Phi) is 7.28. The van der Waals surface area contributed by atoms with E-state index in [1.807, 2.05) is 79.9 Å². The first-order valence-corrected chi connectivity index (χ1v) is 13.2. The van der Waals surface area contributed by atoms with Gasteiger partial charge in [-0.3, -0.25) is 4.79 Å². The van der Waals surface area contributed by atoms with Gasteiger partial charge in [-0.1, -0.05) is 55.5 Å². The number of aryl methyl sites for hydroxylation is 1. The molecule has 0 spiro atoms. The molecule has 0 saturated heterocycles. The van der Waals surface area contributed by atoms with Gasteiger partial charge in [-0.2, -0.15) is 0 Å². The van der Waals surface area contributed by atoms with Gasteiger partial charge in [0.25, 0.3) is 5.91 Å². The molecular formula is C31H30N2O2S. The van der Waals surface area contributed by atoms with Gasteiger partial charge in [-0.15, -0.1) is 11.3 Å². The molecule has 0 saturated carbocycles. The number of ether oxygens (including phenoxy) is 1. The number of para-hydroxylation sites is 1. The molecule has 5 heteroatoms. The molecule has 4 aromatic rings. The van der Waals surface area contributed by atoms with Crippen molar-refractivity contribution in [3.63, 3.8) is 0 Å². The second-order valence-electron chi connectivity index (χ2n) is 9.40. The lowest BCUT2D eigenvalue weighted by atomic mass is 9.88. The highest BCUT2D eigenvalue weighted by Crippen LogP contribution is 2.41. The summed E-state index contributed by atoms with van der Waals surface area (Å²) in [5, 5.41) is 3.91. The minimum Gasteiger partial charge on any atom is -0.489 e. The Hall–Kier alpha value is -3.70. The first-order chi connectivity index (χ1) is 17.6. The lowest BCUT2D eigenvalue weighted by Crippen LogP contribution is -2.17. The molecule has 1 atom stereocenters. The molecule has 1 aromatic heterocycles. The predicted molar refractivity (Wildman–Crippen MR) is 149 cm³/mol. The zero-order valence-corrected chi connectivity index (χ0v) is 21.5. The van der Waals surface area contributed by atoms with E-state index >= 15 is 0 Å². The largest absolute Gasteiger partial charge is 0.489 e. The van der Waals surface area contributed by atoms with Gasteiger partial charge < -0.3 is 10.1 Å². The number of aliphatic imine (C=N–C) groups is 1. The highest BCUT2D eigenvalue weighted by Gasteiger charge is 2.27. The van der Waals surface area contributed by atoms with Crippen molar-refractivity contribution < 1.29 is 9.53 Å². The number of anilines is 1. The number of benzene rings is 3. The number of hydrogen-bond acceptors (Lipinski definition) is 4. The molecule has 0 aliphatic heterocycles. The first-order valence-electron chi connectivity index (χ1n) is 12.4. The number of amides is 1. The van der Waals surface area contributed by atoms with Crippen molar-refractivity contribution in [2.24, 2.45) is 10.9 Å². The Labute approximate surface area is 216 Å². The number of carbonyl (C=O) groups excluding carboxylic acids is 1. The van der Waals surface area contributed by atoms with Gasteiger partial charge in [-0.05, 0) is 84.7 Å². The van der Waals surface area contributed by atoms with E-state index in [-0.39, 0.29) is 5.91 Å². The standard InChI is InChI=1S/C31H30N2O2S/c1-21-12-17-26-28(18-21)36-31(29(26)30(34)33-27-11-7-6-8-22(27)2)32-19-23-13-15-25(16-14-23)35-20-24-9-4-3-5-10-24/h3-11,13-16,19,21H,12,17-18,20H2,1-2H3,(H,33,34)/t21-/m1/s1. The summed E-state index contributed by atoms with van der Waals surface area (Å²) in [6.07, 6.45) is 4.87. The molecule has 1 N–H and O–H groups in total. The van der Waals surface area contributed by atoms with E-state index in [1.54, 1.807) is 11.3 Å². The predicted octanol–water partition coefficient (Wildman–Crippen LogP) is 7.76. The van der Waals surface area contributed by atoms with Gasteiger partial charge in [-0.25, -0.2) is 4.99 Å². The molecule has 0 bridgehead atoms. The lowest BCUT2D eigenvalue weighted by Gasteiger charge is -2.18. The van der Waals surface area contributed by atoms with Crippen LogP contribution in [0.4, 0.5) is 10.7 Å². The fraction of sp³-hybridized carbons (Fsp3) is 0.226. The van der Waals surface area contributed by atoms with Crippen molar-refractivity contribution in [1.29, 1.82) is 0 Å². The molecule has 4 nitrogen and oxygen atoms in total. The summed E-state index contributed by atoms with van der Waals surface area (Å²) in [4.78, 5) is 19.6. The summed E-state index contributed by atoms with van der Waals surface area (Å²) < 4.78 is 5.90. The molecule has 1 aliphatic rings. The molecule has 1 heterocycles. The van der Waals surface area contributed by atoms with E-state index in [4.69, 9.17) is 9.73 Å². The van der Waals surface area contributed by atoms with Gasteiger partial charge in [0.2, 0.25) is 0 Å². The number of fused-ring (bicyclic) bond motifs is 1. The van der Waals surface area contributed by atoms with E-state index in [9.17, 15) is 4.79 Å². The molecule has 36 heavy (non-hydrogen) atoms. The third kappa shape index (κ3) is 5.58. The summed E-state index contributed by atoms with van der Waals surface area (Å²) in [6.45, 7) is 4.82. The molecule has 0 fully saturated rings. The van der Waals surface area contributed by atoms with Crippen molar-refractivity contribution in [2.75, 3.05) is 5.32 Å². The maximum Gasteiger partial charge on any atom is 0.259 e. The third-order valence-electron chi connectivity index (χ3n) is 6.57. The average Bonchev–Trinajstić information content (AvgIpc) is 3.26. The van der Waals surface area contributed by atoms with E-state index < -0.39 is 0 Å². The monoisotopic (exact) mass is 494 g/mol. The second kappa shape index (κ2) is 10.9. The highest BCUT2D eigenvalue weighted by atomic mass is 32.1. The Morgan fingerprint density at radius 3 is 2.58 bits per heavy atom. The van der Waals surface area contributed by atoms with Gasteiger partial charge in [0, 0.05) is 16.8 Å². The summed E-state index contributed by atoms with van der Waals surface area (Å²) in [6, 6.07) is 25.9. The molecule has 5 rings (SSSR count). The van der Waals surface area contributed by atoms with Crippen LogP contribution >= 0.6 is 11.3 Å². The zero-order valence-electron chi connectivity index (χ0n) is 20.7. The third-order valence-corrected chi connectivity index (χ3v) is 7.74. The summed E-state index contributed by atoms with van der Waals surface area (Å²) in [5.41, 5.74) is 5.88. The SMILES string of the molecule is Cc1ccccc1NC(=O)c1c(N=Cc2ccc(OCc3ccccc3)cc2)sc2c1CC[C@@H](C)C2. The van der Waals surface area contributed by atoms with Gasteiger partial charge >= 0.3 is 0 Å². The number of thiophene rings is 1. The number of rotatable bonds is 7. The lowest BCUT2D eigenvalue weighted by molar-refractivity contribution is 0.102. The van der Waals surface area contributed by atoms with Crippen molar-refractivity contribution in [2.45, 2.75) is 39.7 Å². The Morgan fingerprint density at radius 1 is 1.06 bits per heavy atom. The minimum absolute atomic E-state index is 0.0758. The maximum absolute atomic E-state index is 13.5. The van der Waals surface area contributed by atoms with E-state index in [0.29, 0.717) is 12.5 Å². The normalized spacial score (nSPS) is 15.0. The van der Waals surface area contributed by atoms with Crippen molar-refractivity contribution in [1.82, 2.24) is 0 Å². The number of nitrogens with one attached hydrogen (secondary N) is 1. The Morgan fingerprint density at radius 2 is 1.81 bits per heavy atom. The van der Waals surface area contributed by atoms with Gasteiger partial charge in [0.05, 0.1) is 5.56 Å². The number of carbonyl (C=O) groups is 1. The van der Waals surface area contributed by atoms with Crippen LogP contribution in [0.1, 0.15) is 50.8 Å². The van der Waals surface area contributed by atoms with Crippen LogP contribution in [-0.2, 0) is 19.4 Å². The summed E-state index contributed by atoms with van der Waals surface area (Å²) in [7, 11) is 0. The summed E-state index contributed by atoms with van der Waals surface area (Å²) >= 11 is 1.65. The van der Waals surface area contributed by atoms with Gasteiger partial charge in [0.1, 0.15) is 17.4 Å². The van der Waals surface area contributed by atoms with Crippen LogP contribution in [0.25, 0.3) is 0 Å². The first kappa shape index (κ1) is 24.0.